The Morgan fingerprint density at radius 1 is 1.08 bits per heavy atom. The molecule has 0 saturated carbocycles. The number of aryl methyl sites for hydroxylation is 1. The van der Waals surface area contributed by atoms with E-state index >= 15 is 0 Å². The number of para-hydroxylation sites is 1. The Morgan fingerprint density at radius 2 is 1.88 bits per heavy atom. The molecule has 3 aromatic rings. The Bertz CT molecular complexity index is 904. The van der Waals surface area contributed by atoms with Crippen LogP contribution in [0, 0.1) is 0 Å². The summed E-state index contributed by atoms with van der Waals surface area (Å²) in [5.74, 6) is 0.286. The monoisotopic (exact) mass is 333 g/mol. The number of carbonyl (C=O) groups excluding carboxylic acids is 1. The van der Waals surface area contributed by atoms with Crippen molar-refractivity contribution in [3.05, 3.63) is 60.6 Å². The molecule has 126 valence electrons. The van der Waals surface area contributed by atoms with Crippen LogP contribution in [0.1, 0.15) is 12.0 Å². The van der Waals surface area contributed by atoms with Crippen molar-refractivity contribution in [1.82, 2.24) is 14.5 Å². The van der Waals surface area contributed by atoms with Crippen LogP contribution in [-0.4, -0.2) is 27.0 Å². The summed E-state index contributed by atoms with van der Waals surface area (Å²) in [6.07, 6.45) is 6.89. The van der Waals surface area contributed by atoms with Gasteiger partial charge in [0.25, 0.3) is 0 Å². The van der Waals surface area contributed by atoms with Crippen LogP contribution in [0.2, 0.25) is 0 Å². The third kappa shape index (κ3) is 2.98. The van der Waals surface area contributed by atoms with E-state index in [4.69, 9.17) is 5.73 Å². The third-order valence-electron chi connectivity index (χ3n) is 4.44. The van der Waals surface area contributed by atoms with Crippen molar-refractivity contribution >= 4 is 17.5 Å². The topological polar surface area (TPSA) is 77.0 Å². The number of rotatable bonds is 4. The molecule has 0 unspecified atom stereocenters. The van der Waals surface area contributed by atoms with Gasteiger partial charge in [-0.05, 0) is 24.6 Å². The normalized spacial score (nSPS) is 13.3. The number of nitrogen functional groups attached to an aromatic ring is 1. The van der Waals surface area contributed by atoms with Gasteiger partial charge in [-0.1, -0.05) is 18.2 Å². The maximum Gasteiger partial charge on any atom is 0.231 e. The van der Waals surface area contributed by atoms with E-state index in [1.165, 1.54) is 0 Å². The molecule has 1 aliphatic heterocycles. The summed E-state index contributed by atoms with van der Waals surface area (Å²) >= 11 is 0. The molecule has 2 aromatic heterocycles. The SMILES string of the molecule is Nc1ncc2c(n1)-c1ccccc1N(CCCn1cccc1)C(=O)C2. The minimum atomic E-state index is 0.0621. The van der Waals surface area contributed by atoms with E-state index in [1.807, 2.05) is 53.7 Å². The molecule has 4 rings (SSSR count). The predicted octanol–water partition coefficient (Wildman–Crippen LogP) is 2.51. The number of benzene rings is 1. The van der Waals surface area contributed by atoms with Gasteiger partial charge in [0.15, 0.2) is 0 Å². The lowest BCUT2D eigenvalue weighted by molar-refractivity contribution is -0.118. The van der Waals surface area contributed by atoms with Crippen LogP contribution < -0.4 is 10.6 Å². The van der Waals surface area contributed by atoms with Crippen LogP contribution in [0.5, 0.6) is 0 Å². The number of nitrogens with zero attached hydrogens (tertiary/aromatic N) is 4. The molecule has 1 aliphatic rings. The largest absolute Gasteiger partial charge is 0.368 e. The van der Waals surface area contributed by atoms with Gasteiger partial charge in [0.1, 0.15) is 0 Å². The molecular weight excluding hydrogens is 314 g/mol. The molecule has 1 amide bonds. The molecule has 0 spiro atoms. The first-order valence-electron chi connectivity index (χ1n) is 8.34. The fourth-order valence-corrected chi connectivity index (χ4v) is 3.26. The molecule has 0 aliphatic carbocycles. The van der Waals surface area contributed by atoms with Gasteiger partial charge in [-0.2, -0.15) is 0 Å². The fraction of sp³-hybridized carbons (Fsp3) is 0.211. The lowest BCUT2D eigenvalue weighted by atomic mass is 10.1. The van der Waals surface area contributed by atoms with E-state index in [9.17, 15) is 4.79 Å². The van der Waals surface area contributed by atoms with Crippen LogP contribution in [-0.2, 0) is 17.8 Å². The van der Waals surface area contributed by atoms with E-state index in [0.29, 0.717) is 6.54 Å². The van der Waals surface area contributed by atoms with Gasteiger partial charge in [-0.15, -0.1) is 0 Å². The average Bonchev–Trinajstić information content (AvgIpc) is 3.10. The molecule has 0 radical (unpaired) electrons. The highest BCUT2D eigenvalue weighted by Gasteiger charge is 2.26. The number of nitrogens with two attached hydrogens (primary N) is 1. The molecule has 0 atom stereocenters. The van der Waals surface area contributed by atoms with Crippen LogP contribution in [0.4, 0.5) is 11.6 Å². The number of fused-ring (bicyclic) bond motifs is 3. The fourth-order valence-electron chi connectivity index (χ4n) is 3.26. The van der Waals surface area contributed by atoms with Gasteiger partial charge in [-0.3, -0.25) is 4.79 Å². The number of hydrogen-bond donors (Lipinski definition) is 1. The van der Waals surface area contributed by atoms with Gasteiger partial charge < -0.3 is 15.2 Å². The van der Waals surface area contributed by atoms with Crippen LogP contribution in [0.25, 0.3) is 11.3 Å². The van der Waals surface area contributed by atoms with E-state index in [-0.39, 0.29) is 18.3 Å². The third-order valence-corrected chi connectivity index (χ3v) is 4.44. The van der Waals surface area contributed by atoms with Crippen molar-refractivity contribution in [2.45, 2.75) is 19.4 Å². The first-order valence-corrected chi connectivity index (χ1v) is 8.34. The number of aromatic nitrogens is 3. The second-order valence-corrected chi connectivity index (χ2v) is 6.12. The van der Waals surface area contributed by atoms with E-state index in [2.05, 4.69) is 14.5 Å². The Morgan fingerprint density at radius 3 is 2.72 bits per heavy atom. The molecule has 25 heavy (non-hydrogen) atoms. The first kappa shape index (κ1) is 15.4. The highest BCUT2D eigenvalue weighted by Crippen LogP contribution is 2.35. The summed E-state index contributed by atoms with van der Waals surface area (Å²) in [5.41, 5.74) is 9.16. The Balaban J connectivity index is 1.66. The number of carbonyl (C=O) groups is 1. The van der Waals surface area contributed by atoms with Crippen molar-refractivity contribution < 1.29 is 4.79 Å². The summed E-state index contributed by atoms with van der Waals surface area (Å²) in [4.78, 5) is 23.2. The van der Waals surface area contributed by atoms with Gasteiger partial charge in [0, 0.05) is 42.8 Å². The van der Waals surface area contributed by atoms with Crippen LogP contribution in [0.3, 0.4) is 0 Å². The molecule has 0 fully saturated rings. The summed E-state index contributed by atoms with van der Waals surface area (Å²) < 4.78 is 2.12. The number of anilines is 2. The average molecular weight is 333 g/mol. The van der Waals surface area contributed by atoms with Crippen molar-refractivity contribution in [2.24, 2.45) is 0 Å². The zero-order valence-electron chi connectivity index (χ0n) is 13.8. The van der Waals surface area contributed by atoms with Crippen molar-refractivity contribution in [3.63, 3.8) is 0 Å². The van der Waals surface area contributed by atoms with Crippen molar-refractivity contribution in [1.29, 1.82) is 0 Å². The number of amides is 1. The summed E-state index contributed by atoms with van der Waals surface area (Å²) in [7, 11) is 0. The zero-order valence-corrected chi connectivity index (χ0v) is 13.8. The van der Waals surface area contributed by atoms with Gasteiger partial charge in [-0.25, -0.2) is 9.97 Å². The smallest absolute Gasteiger partial charge is 0.231 e. The lowest BCUT2D eigenvalue weighted by Gasteiger charge is -2.23. The highest BCUT2D eigenvalue weighted by molar-refractivity contribution is 6.01. The van der Waals surface area contributed by atoms with Crippen molar-refractivity contribution in [2.75, 3.05) is 17.2 Å². The summed E-state index contributed by atoms with van der Waals surface area (Å²) in [6, 6.07) is 11.9. The lowest BCUT2D eigenvalue weighted by Crippen LogP contribution is -2.33. The Labute approximate surface area is 145 Å². The molecule has 6 heteroatoms. The second kappa shape index (κ2) is 6.39. The molecule has 0 bridgehead atoms. The van der Waals surface area contributed by atoms with Gasteiger partial charge in [0.2, 0.25) is 11.9 Å². The minimum absolute atomic E-state index is 0.0621. The zero-order chi connectivity index (χ0) is 17.2. The van der Waals surface area contributed by atoms with Gasteiger partial charge in [0.05, 0.1) is 17.8 Å². The molecule has 1 aromatic carbocycles. The highest BCUT2D eigenvalue weighted by atomic mass is 16.2. The predicted molar refractivity (Wildman–Crippen MR) is 97.0 cm³/mol. The van der Waals surface area contributed by atoms with Crippen molar-refractivity contribution in [3.8, 4) is 11.3 Å². The minimum Gasteiger partial charge on any atom is -0.368 e. The standard InChI is InChI=1S/C19H19N5O/c20-19-21-13-14-12-17(25)24(11-5-10-23-8-3-4-9-23)16-7-2-1-6-15(16)18(14)22-19/h1-4,6-9,13H,5,10-12H2,(H2,20,21,22). The molecule has 3 heterocycles. The summed E-state index contributed by atoms with van der Waals surface area (Å²) in [5, 5.41) is 0. The van der Waals surface area contributed by atoms with E-state index < -0.39 is 0 Å². The molecule has 6 nitrogen and oxygen atoms in total. The Kier molecular flexibility index (Phi) is 3.93. The van der Waals surface area contributed by atoms with Gasteiger partial charge >= 0.3 is 0 Å². The molecule has 0 saturated heterocycles. The van der Waals surface area contributed by atoms with Crippen LogP contribution in [0.15, 0.2) is 55.0 Å². The van der Waals surface area contributed by atoms with Crippen LogP contribution >= 0.6 is 0 Å². The maximum absolute atomic E-state index is 12.8. The molecular formula is C19H19N5O. The Hall–Kier alpha value is -3.15. The first-order chi connectivity index (χ1) is 12.2. The summed E-state index contributed by atoms with van der Waals surface area (Å²) in [6.45, 7) is 1.53. The van der Waals surface area contributed by atoms with E-state index in [0.717, 1.165) is 35.5 Å². The quantitative estimate of drug-likeness (QED) is 0.796. The van der Waals surface area contributed by atoms with E-state index in [1.54, 1.807) is 6.20 Å². The number of hydrogen-bond acceptors (Lipinski definition) is 4. The maximum atomic E-state index is 12.8. The second-order valence-electron chi connectivity index (χ2n) is 6.12. The molecule has 2 N–H and O–H groups in total.